The van der Waals surface area contributed by atoms with Crippen molar-refractivity contribution in [3.63, 3.8) is 0 Å². The van der Waals surface area contributed by atoms with Gasteiger partial charge in [-0.05, 0) is 49.9 Å². The van der Waals surface area contributed by atoms with Crippen molar-refractivity contribution in [2.45, 2.75) is 37.6 Å². The summed E-state index contributed by atoms with van der Waals surface area (Å²) in [5.41, 5.74) is 7.53. The van der Waals surface area contributed by atoms with Gasteiger partial charge in [0, 0.05) is 19.1 Å². The Bertz CT molecular complexity index is 575. The minimum atomic E-state index is -3.47. The first-order chi connectivity index (χ1) is 9.36. The Morgan fingerprint density at radius 3 is 2.40 bits per heavy atom. The first-order valence-electron chi connectivity index (χ1n) is 6.77. The lowest BCUT2D eigenvalue weighted by Gasteiger charge is -2.30. The second-order valence-electron chi connectivity index (χ2n) is 5.36. The number of sulfonamides is 1. The van der Waals surface area contributed by atoms with Gasteiger partial charge in [0.2, 0.25) is 10.0 Å². The summed E-state index contributed by atoms with van der Waals surface area (Å²) >= 11 is 0. The van der Waals surface area contributed by atoms with Crippen LogP contribution < -0.4 is 10.5 Å². The SMILES string of the molecule is COc1c(C)cc(S(=O)(=O)N2CCCC(N)C2)cc1C. The lowest BCUT2D eigenvalue weighted by molar-refractivity contribution is 0.316. The maximum atomic E-state index is 12.7. The smallest absolute Gasteiger partial charge is 0.243 e. The third-order valence-corrected chi connectivity index (χ3v) is 5.54. The molecule has 0 saturated carbocycles. The zero-order valence-electron chi connectivity index (χ0n) is 12.2. The van der Waals surface area contributed by atoms with E-state index >= 15 is 0 Å². The van der Waals surface area contributed by atoms with Gasteiger partial charge >= 0.3 is 0 Å². The molecule has 1 aliphatic rings. The second-order valence-corrected chi connectivity index (χ2v) is 7.29. The van der Waals surface area contributed by atoms with Gasteiger partial charge in [-0.3, -0.25) is 0 Å². The maximum Gasteiger partial charge on any atom is 0.243 e. The van der Waals surface area contributed by atoms with Crippen LogP contribution in [0.25, 0.3) is 0 Å². The number of nitrogens with zero attached hydrogens (tertiary/aromatic N) is 1. The Labute approximate surface area is 120 Å². The quantitative estimate of drug-likeness (QED) is 0.916. The predicted molar refractivity (Wildman–Crippen MR) is 78.4 cm³/mol. The van der Waals surface area contributed by atoms with Gasteiger partial charge in [0.05, 0.1) is 12.0 Å². The summed E-state index contributed by atoms with van der Waals surface area (Å²) in [7, 11) is -1.88. The number of methoxy groups -OCH3 is 1. The standard InChI is InChI=1S/C14H22N2O3S/c1-10-7-13(8-11(2)14(10)19-3)20(17,18)16-6-4-5-12(15)9-16/h7-8,12H,4-6,9,15H2,1-3H3. The molecule has 0 radical (unpaired) electrons. The van der Waals surface area contributed by atoms with Crippen molar-refractivity contribution in [1.82, 2.24) is 4.31 Å². The molecule has 1 unspecified atom stereocenters. The van der Waals surface area contributed by atoms with E-state index in [-0.39, 0.29) is 6.04 Å². The lowest BCUT2D eigenvalue weighted by atomic mass is 10.1. The summed E-state index contributed by atoms with van der Waals surface area (Å²) in [4.78, 5) is 0.322. The van der Waals surface area contributed by atoms with Crippen LogP contribution in [0.4, 0.5) is 0 Å². The monoisotopic (exact) mass is 298 g/mol. The van der Waals surface area contributed by atoms with Gasteiger partial charge in [-0.25, -0.2) is 8.42 Å². The molecule has 112 valence electrons. The summed E-state index contributed by atoms with van der Waals surface area (Å²) < 4.78 is 32.1. The van der Waals surface area contributed by atoms with Gasteiger partial charge < -0.3 is 10.5 Å². The lowest BCUT2D eigenvalue weighted by Crippen LogP contribution is -2.45. The van der Waals surface area contributed by atoms with E-state index in [2.05, 4.69) is 0 Å². The Hall–Kier alpha value is -1.11. The van der Waals surface area contributed by atoms with Crippen molar-refractivity contribution in [3.05, 3.63) is 23.3 Å². The Morgan fingerprint density at radius 2 is 1.90 bits per heavy atom. The molecular weight excluding hydrogens is 276 g/mol. The van der Waals surface area contributed by atoms with Crippen molar-refractivity contribution in [2.75, 3.05) is 20.2 Å². The Balaban J connectivity index is 2.39. The van der Waals surface area contributed by atoms with Crippen LogP contribution in [0.1, 0.15) is 24.0 Å². The molecule has 0 aromatic heterocycles. The Kier molecular flexibility index (Phi) is 4.36. The third kappa shape index (κ3) is 2.82. The third-order valence-electron chi connectivity index (χ3n) is 3.70. The summed E-state index contributed by atoms with van der Waals surface area (Å²) in [5, 5.41) is 0. The van der Waals surface area contributed by atoms with Crippen molar-refractivity contribution in [3.8, 4) is 5.75 Å². The van der Waals surface area contributed by atoms with Crippen LogP contribution in [0.3, 0.4) is 0 Å². The van der Waals surface area contributed by atoms with Gasteiger partial charge in [-0.2, -0.15) is 4.31 Å². The number of hydrogen-bond donors (Lipinski definition) is 1. The zero-order valence-corrected chi connectivity index (χ0v) is 13.0. The van der Waals surface area contributed by atoms with Gasteiger partial charge in [0.25, 0.3) is 0 Å². The highest BCUT2D eigenvalue weighted by Gasteiger charge is 2.29. The fourth-order valence-electron chi connectivity index (χ4n) is 2.72. The normalized spacial score (nSPS) is 20.9. The molecule has 2 N–H and O–H groups in total. The molecule has 0 aliphatic carbocycles. The van der Waals surface area contributed by atoms with E-state index in [1.165, 1.54) is 4.31 Å². The topological polar surface area (TPSA) is 72.6 Å². The minimum absolute atomic E-state index is 0.0704. The van der Waals surface area contributed by atoms with E-state index in [4.69, 9.17) is 10.5 Å². The van der Waals surface area contributed by atoms with E-state index < -0.39 is 10.0 Å². The molecule has 2 rings (SSSR count). The highest BCUT2D eigenvalue weighted by atomic mass is 32.2. The molecule has 1 fully saturated rings. The van der Waals surface area contributed by atoms with Crippen LogP contribution in [0.2, 0.25) is 0 Å². The van der Waals surface area contributed by atoms with E-state index in [9.17, 15) is 8.42 Å². The first kappa shape index (κ1) is 15.3. The number of rotatable bonds is 3. The molecule has 1 atom stereocenters. The van der Waals surface area contributed by atoms with E-state index in [1.807, 2.05) is 13.8 Å². The fraction of sp³-hybridized carbons (Fsp3) is 0.571. The van der Waals surface area contributed by atoms with Crippen LogP contribution in [0.15, 0.2) is 17.0 Å². The van der Waals surface area contributed by atoms with Crippen LogP contribution in [0, 0.1) is 13.8 Å². The molecule has 6 heteroatoms. The first-order valence-corrected chi connectivity index (χ1v) is 8.21. The number of hydrogen-bond acceptors (Lipinski definition) is 4. The van der Waals surface area contributed by atoms with E-state index in [0.29, 0.717) is 18.0 Å². The van der Waals surface area contributed by atoms with Gasteiger partial charge in [-0.1, -0.05) is 0 Å². The summed E-state index contributed by atoms with van der Waals surface area (Å²) in [5.74, 6) is 0.735. The van der Waals surface area contributed by atoms with Crippen molar-refractivity contribution in [1.29, 1.82) is 0 Å². The average molecular weight is 298 g/mol. The van der Waals surface area contributed by atoms with Crippen molar-refractivity contribution in [2.24, 2.45) is 5.73 Å². The van der Waals surface area contributed by atoms with Crippen LogP contribution in [0.5, 0.6) is 5.75 Å². The molecule has 0 amide bonds. The summed E-state index contributed by atoms with van der Waals surface area (Å²) in [6.07, 6.45) is 1.70. The maximum absolute atomic E-state index is 12.7. The molecule has 1 heterocycles. The van der Waals surface area contributed by atoms with Crippen LogP contribution in [-0.4, -0.2) is 39.0 Å². The van der Waals surface area contributed by atoms with E-state index in [1.54, 1.807) is 19.2 Å². The number of ether oxygens (including phenoxy) is 1. The largest absolute Gasteiger partial charge is 0.496 e. The van der Waals surface area contributed by atoms with Crippen LogP contribution in [-0.2, 0) is 10.0 Å². The summed E-state index contributed by atoms with van der Waals surface area (Å²) in [6, 6.07) is 3.27. The predicted octanol–water partition coefficient (Wildman–Crippen LogP) is 1.42. The minimum Gasteiger partial charge on any atom is -0.496 e. The zero-order chi connectivity index (χ0) is 14.9. The Morgan fingerprint density at radius 1 is 1.30 bits per heavy atom. The van der Waals surface area contributed by atoms with Gasteiger partial charge in [-0.15, -0.1) is 0 Å². The number of nitrogens with two attached hydrogens (primary N) is 1. The molecule has 1 aliphatic heterocycles. The highest BCUT2D eigenvalue weighted by molar-refractivity contribution is 7.89. The molecule has 1 saturated heterocycles. The number of piperidine rings is 1. The highest BCUT2D eigenvalue weighted by Crippen LogP contribution is 2.28. The molecule has 1 aromatic carbocycles. The molecular formula is C14H22N2O3S. The molecule has 0 spiro atoms. The molecule has 0 bridgehead atoms. The fourth-order valence-corrected chi connectivity index (χ4v) is 4.43. The summed E-state index contributed by atoms with van der Waals surface area (Å²) in [6.45, 7) is 4.65. The number of benzene rings is 1. The van der Waals surface area contributed by atoms with E-state index in [0.717, 1.165) is 29.7 Å². The van der Waals surface area contributed by atoms with Gasteiger partial charge in [0.15, 0.2) is 0 Å². The molecule has 20 heavy (non-hydrogen) atoms. The van der Waals surface area contributed by atoms with Crippen molar-refractivity contribution < 1.29 is 13.2 Å². The van der Waals surface area contributed by atoms with Gasteiger partial charge in [0.1, 0.15) is 5.75 Å². The molecule has 5 nitrogen and oxygen atoms in total. The molecule has 1 aromatic rings. The van der Waals surface area contributed by atoms with Crippen LogP contribution >= 0.6 is 0 Å². The number of aryl methyl sites for hydroxylation is 2. The second kappa shape index (κ2) is 5.71. The average Bonchev–Trinajstić information content (AvgIpc) is 2.38. The van der Waals surface area contributed by atoms with Crippen molar-refractivity contribution >= 4 is 10.0 Å².